The fraction of sp³-hybridized carbons (Fsp3) is 0.235. The van der Waals surface area contributed by atoms with E-state index in [0.717, 1.165) is 5.56 Å². The molecule has 0 fully saturated rings. The second-order valence-electron chi connectivity index (χ2n) is 4.70. The Kier molecular flexibility index (Phi) is 5.12. The quantitative estimate of drug-likeness (QED) is 0.711. The van der Waals surface area contributed by atoms with Gasteiger partial charge in [-0.2, -0.15) is 0 Å². The van der Waals surface area contributed by atoms with Crippen molar-refractivity contribution < 1.29 is 13.9 Å². The molecule has 0 aliphatic carbocycles. The number of ether oxygens (including phenoxy) is 1. The van der Waals surface area contributed by atoms with E-state index in [1.54, 1.807) is 0 Å². The zero-order valence-corrected chi connectivity index (χ0v) is 13.5. The molecule has 4 heteroatoms. The second-order valence-corrected chi connectivity index (χ2v) is 5.56. The summed E-state index contributed by atoms with van der Waals surface area (Å²) in [4.78, 5) is 12.8. The topological polar surface area (TPSA) is 26.3 Å². The van der Waals surface area contributed by atoms with Gasteiger partial charge in [-0.15, -0.1) is 0 Å². The standard InChI is InChI=1S/C17H16BrFO2/c1-3-12(11-7-5-4-6-8-11)17(20)13-9-14(18)15(19)10-16(13)21-2/h4-10,12H,3H2,1-2H3. The summed E-state index contributed by atoms with van der Waals surface area (Å²) in [6, 6.07) is 12.3. The van der Waals surface area contributed by atoms with Gasteiger partial charge in [0, 0.05) is 12.0 Å². The average molecular weight is 351 g/mol. The van der Waals surface area contributed by atoms with Crippen molar-refractivity contribution in [2.75, 3.05) is 7.11 Å². The van der Waals surface area contributed by atoms with Crippen LogP contribution >= 0.6 is 15.9 Å². The number of hydrogen-bond donors (Lipinski definition) is 0. The van der Waals surface area contributed by atoms with E-state index in [2.05, 4.69) is 15.9 Å². The number of halogens is 2. The van der Waals surface area contributed by atoms with Gasteiger partial charge in [0.05, 0.1) is 17.1 Å². The highest BCUT2D eigenvalue weighted by atomic mass is 79.9. The Balaban J connectivity index is 2.45. The molecule has 0 radical (unpaired) electrons. The maximum absolute atomic E-state index is 13.6. The molecule has 2 aromatic carbocycles. The number of Topliss-reactive ketones (excluding diaryl/α,β-unsaturated/α-hetero) is 1. The highest BCUT2D eigenvalue weighted by Gasteiger charge is 2.24. The lowest BCUT2D eigenvalue weighted by atomic mass is 9.88. The molecule has 21 heavy (non-hydrogen) atoms. The van der Waals surface area contributed by atoms with E-state index in [1.165, 1.54) is 19.2 Å². The molecule has 2 aromatic rings. The van der Waals surface area contributed by atoms with Gasteiger partial charge in [-0.1, -0.05) is 37.3 Å². The third-order valence-corrected chi connectivity index (χ3v) is 4.04. The minimum atomic E-state index is -0.448. The van der Waals surface area contributed by atoms with Crippen molar-refractivity contribution in [3.8, 4) is 5.75 Å². The third-order valence-electron chi connectivity index (χ3n) is 3.43. The molecule has 1 atom stereocenters. The number of benzene rings is 2. The van der Waals surface area contributed by atoms with E-state index in [-0.39, 0.29) is 21.9 Å². The summed E-state index contributed by atoms with van der Waals surface area (Å²) in [5.41, 5.74) is 1.34. The van der Waals surface area contributed by atoms with E-state index in [9.17, 15) is 9.18 Å². The van der Waals surface area contributed by atoms with Crippen molar-refractivity contribution in [2.45, 2.75) is 19.3 Å². The summed E-state index contributed by atoms with van der Waals surface area (Å²) in [7, 11) is 1.43. The first kappa shape index (κ1) is 15.7. The first-order chi connectivity index (χ1) is 10.1. The maximum atomic E-state index is 13.6. The lowest BCUT2D eigenvalue weighted by molar-refractivity contribution is 0.0954. The van der Waals surface area contributed by atoms with Gasteiger partial charge in [0.15, 0.2) is 5.78 Å². The average Bonchev–Trinajstić information content (AvgIpc) is 2.51. The Labute approximate surface area is 132 Å². The lowest BCUT2D eigenvalue weighted by Crippen LogP contribution is -2.13. The Bertz CT molecular complexity index is 641. The number of carbonyl (C=O) groups excluding carboxylic acids is 1. The molecule has 1 unspecified atom stereocenters. The van der Waals surface area contributed by atoms with Crippen molar-refractivity contribution in [3.05, 3.63) is 63.9 Å². The van der Waals surface area contributed by atoms with Gasteiger partial charge >= 0.3 is 0 Å². The maximum Gasteiger partial charge on any atom is 0.174 e. The Morgan fingerprint density at radius 3 is 2.52 bits per heavy atom. The van der Waals surface area contributed by atoms with Gasteiger partial charge in [0.1, 0.15) is 11.6 Å². The first-order valence-corrected chi connectivity index (χ1v) is 7.50. The summed E-state index contributed by atoms with van der Waals surface area (Å²) >= 11 is 3.12. The highest BCUT2D eigenvalue weighted by molar-refractivity contribution is 9.10. The van der Waals surface area contributed by atoms with Crippen molar-refractivity contribution in [1.82, 2.24) is 0 Å². The van der Waals surface area contributed by atoms with Gasteiger partial charge in [-0.05, 0) is 34.0 Å². The van der Waals surface area contributed by atoms with Crippen LogP contribution in [0.5, 0.6) is 5.75 Å². The summed E-state index contributed by atoms with van der Waals surface area (Å²) in [6.07, 6.45) is 0.668. The Morgan fingerprint density at radius 1 is 1.29 bits per heavy atom. The van der Waals surface area contributed by atoms with Gasteiger partial charge in [-0.25, -0.2) is 4.39 Å². The van der Waals surface area contributed by atoms with E-state index in [4.69, 9.17) is 4.74 Å². The third kappa shape index (κ3) is 3.32. The van der Waals surface area contributed by atoms with Crippen molar-refractivity contribution in [1.29, 1.82) is 0 Å². The van der Waals surface area contributed by atoms with Crippen LogP contribution in [0, 0.1) is 5.82 Å². The highest BCUT2D eigenvalue weighted by Crippen LogP contribution is 2.32. The van der Waals surface area contributed by atoms with Crippen molar-refractivity contribution in [3.63, 3.8) is 0 Å². The Hall–Kier alpha value is -1.68. The number of ketones is 1. The number of rotatable bonds is 5. The van der Waals surface area contributed by atoms with Crippen LogP contribution in [0.3, 0.4) is 0 Å². The second kappa shape index (κ2) is 6.85. The molecule has 0 aliphatic heterocycles. The first-order valence-electron chi connectivity index (χ1n) is 6.70. The molecule has 110 valence electrons. The minimum Gasteiger partial charge on any atom is -0.496 e. The predicted molar refractivity (Wildman–Crippen MR) is 84.5 cm³/mol. The SMILES string of the molecule is CCC(C(=O)c1cc(Br)c(F)cc1OC)c1ccccc1. The molecule has 0 heterocycles. The fourth-order valence-corrected chi connectivity index (χ4v) is 2.68. The van der Waals surface area contributed by atoms with E-state index in [1.807, 2.05) is 37.3 Å². The van der Waals surface area contributed by atoms with Gasteiger partial charge in [0.25, 0.3) is 0 Å². The summed E-state index contributed by atoms with van der Waals surface area (Å²) in [6.45, 7) is 1.96. The van der Waals surface area contributed by atoms with E-state index in [0.29, 0.717) is 12.0 Å². The molecule has 0 bridgehead atoms. The van der Waals surface area contributed by atoms with Crippen LogP contribution < -0.4 is 4.74 Å². The summed E-state index contributed by atoms with van der Waals surface area (Å²) in [5.74, 6) is -0.523. The van der Waals surface area contributed by atoms with Crippen LogP contribution in [0.4, 0.5) is 4.39 Å². The molecular weight excluding hydrogens is 335 g/mol. The molecule has 0 spiro atoms. The molecule has 0 saturated heterocycles. The molecule has 0 N–H and O–H groups in total. The molecule has 0 aliphatic rings. The van der Waals surface area contributed by atoms with Crippen LogP contribution in [0.2, 0.25) is 0 Å². The van der Waals surface area contributed by atoms with Crippen LogP contribution in [-0.2, 0) is 0 Å². The number of hydrogen-bond acceptors (Lipinski definition) is 2. The molecule has 0 aromatic heterocycles. The van der Waals surface area contributed by atoms with E-state index < -0.39 is 5.82 Å². The van der Waals surface area contributed by atoms with Gasteiger partial charge in [0.2, 0.25) is 0 Å². The van der Waals surface area contributed by atoms with E-state index >= 15 is 0 Å². The van der Waals surface area contributed by atoms with Gasteiger partial charge in [-0.3, -0.25) is 4.79 Å². The molecule has 0 amide bonds. The smallest absolute Gasteiger partial charge is 0.174 e. The van der Waals surface area contributed by atoms with Crippen LogP contribution in [0.15, 0.2) is 46.9 Å². The van der Waals surface area contributed by atoms with Crippen molar-refractivity contribution >= 4 is 21.7 Å². The number of carbonyl (C=O) groups is 1. The summed E-state index contributed by atoms with van der Waals surface area (Å²) in [5, 5.41) is 0. The predicted octanol–water partition coefficient (Wildman–Crippen LogP) is 4.97. The largest absolute Gasteiger partial charge is 0.496 e. The van der Waals surface area contributed by atoms with Crippen LogP contribution in [-0.4, -0.2) is 12.9 Å². The minimum absolute atomic E-state index is 0.0683. The van der Waals surface area contributed by atoms with Crippen LogP contribution in [0.1, 0.15) is 35.2 Å². The Morgan fingerprint density at radius 2 is 1.95 bits per heavy atom. The molecular formula is C17H16BrFO2. The lowest BCUT2D eigenvalue weighted by Gasteiger charge is -2.16. The van der Waals surface area contributed by atoms with Crippen molar-refractivity contribution in [2.24, 2.45) is 0 Å². The van der Waals surface area contributed by atoms with Gasteiger partial charge < -0.3 is 4.74 Å². The number of methoxy groups -OCH3 is 1. The monoisotopic (exact) mass is 350 g/mol. The molecule has 2 rings (SSSR count). The van der Waals surface area contributed by atoms with Crippen LogP contribution in [0.25, 0.3) is 0 Å². The molecule has 2 nitrogen and oxygen atoms in total. The zero-order chi connectivity index (χ0) is 15.4. The normalized spacial score (nSPS) is 12.0. The fourth-order valence-electron chi connectivity index (χ4n) is 2.34. The summed E-state index contributed by atoms with van der Waals surface area (Å²) < 4.78 is 19.0. The molecule has 0 saturated carbocycles. The zero-order valence-electron chi connectivity index (χ0n) is 11.9.